The average Bonchev–Trinajstić information content (AvgIpc) is 3.17. The summed E-state index contributed by atoms with van der Waals surface area (Å²) in [5.41, 5.74) is 14.6. The number of esters is 1. The van der Waals surface area contributed by atoms with Crippen LogP contribution in [0.15, 0.2) is 42.5 Å². The molecule has 2 heterocycles. The molecule has 0 aliphatic rings. The summed E-state index contributed by atoms with van der Waals surface area (Å²) in [5, 5.41) is -0.119. The molecule has 0 aliphatic heterocycles. The van der Waals surface area contributed by atoms with E-state index in [9.17, 15) is 4.79 Å². The molecule has 2 aromatic heterocycles. The van der Waals surface area contributed by atoms with Crippen molar-refractivity contribution >= 4 is 40.2 Å². The number of carbonyl (C=O) groups is 1. The third-order valence-corrected chi connectivity index (χ3v) is 4.67. The second kappa shape index (κ2) is 7.88. The third kappa shape index (κ3) is 3.83. The number of hydrogen-bond donors (Lipinski definition) is 3. The molecule has 0 aliphatic carbocycles. The maximum absolute atomic E-state index is 12.3. The van der Waals surface area contributed by atoms with E-state index in [0.717, 1.165) is 27.9 Å². The molecule has 5 N–H and O–H groups in total. The zero-order valence-electron chi connectivity index (χ0n) is 15.8. The molecule has 152 valence electrons. The quantitative estimate of drug-likeness (QED) is 0.414. The summed E-state index contributed by atoms with van der Waals surface area (Å²) in [6, 6.07) is 13.6. The minimum absolute atomic E-state index is 0.0596. The highest BCUT2D eigenvalue weighted by Gasteiger charge is 2.18. The van der Waals surface area contributed by atoms with Gasteiger partial charge < -0.3 is 25.9 Å². The lowest BCUT2D eigenvalue weighted by Crippen LogP contribution is -2.13. The summed E-state index contributed by atoms with van der Waals surface area (Å²) in [4.78, 5) is 27.4. The van der Waals surface area contributed by atoms with Crippen molar-refractivity contribution in [2.24, 2.45) is 0 Å². The molecule has 0 bridgehead atoms. The molecule has 2 aromatic carbocycles. The second-order valence-corrected chi connectivity index (χ2v) is 6.71. The number of benzene rings is 2. The van der Waals surface area contributed by atoms with E-state index >= 15 is 0 Å². The van der Waals surface area contributed by atoms with Crippen LogP contribution in [0, 0.1) is 0 Å². The standard InChI is InChI=1S/C20H17ClN6O3/c1-29-12-5-2-10(3-6-12)11-4-7-13-14(8-11)25-15(24-13)9-30-20(28)16-18(22)27-19(23)17(21)26-16/h2-8H,9H2,1H3,(H,24,25)(H4,22,23,27). The first kappa shape index (κ1) is 19.5. The fourth-order valence-corrected chi connectivity index (χ4v) is 3.01. The highest BCUT2D eigenvalue weighted by Crippen LogP contribution is 2.25. The molecule has 4 aromatic rings. The molecule has 0 spiro atoms. The zero-order chi connectivity index (χ0) is 21.3. The Kier molecular flexibility index (Phi) is 5.11. The number of aromatic amines is 1. The van der Waals surface area contributed by atoms with Gasteiger partial charge >= 0.3 is 5.97 Å². The van der Waals surface area contributed by atoms with Crippen molar-refractivity contribution in [3.8, 4) is 16.9 Å². The summed E-state index contributed by atoms with van der Waals surface area (Å²) >= 11 is 5.80. The van der Waals surface area contributed by atoms with Gasteiger partial charge in [-0.15, -0.1) is 0 Å². The number of anilines is 2. The van der Waals surface area contributed by atoms with Crippen molar-refractivity contribution in [3.05, 3.63) is 59.1 Å². The van der Waals surface area contributed by atoms with E-state index in [1.807, 2.05) is 42.5 Å². The van der Waals surface area contributed by atoms with Crippen molar-refractivity contribution in [3.63, 3.8) is 0 Å². The number of rotatable bonds is 5. The van der Waals surface area contributed by atoms with Crippen LogP contribution in [-0.2, 0) is 11.3 Å². The monoisotopic (exact) mass is 424 g/mol. The minimum Gasteiger partial charge on any atom is -0.497 e. The summed E-state index contributed by atoms with van der Waals surface area (Å²) in [7, 11) is 1.63. The average molecular weight is 425 g/mol. The Balaban J connectivity index is 1.51. The first-order chi connectivity index (χ1) is 14.4. The predicted molar refractivity (Wildman–Crippen MR) is 113 cm³/mol. The van der Waals surface area contributed by atoms with Crippen molar-refractivity contribution in [1.82, 2.24) is 19.9 Å². The molecule has 0 unspecified atom stereocenters. The Morgan fingerprint density at radius 3 is 2.50 bits per heavy atom. The van der Waals surface area contributed by atoms with Gasteiger partial charge in [-0.3, -0.25) is 0 Å². The van der Waals surface area contributed by atoms with Crippen LogP contribution >= 0.6 is 11.6 Å². The van der Waals surface area contributed by atoms with Crippen molar-refractivity contribution < 1.29 is 14.3 Å². The van der Waals surface area contributed by atoms with E-state index in [4.69, 9.17) is 32.5 Å². The number of H-pyrrole nitrogens is 1. The molecular formula is C20H17ClN6O3. The highest BCUT2D eigenvalue weighted by molar-refractivity contribution is 6.31. The number of methoxy groups -OCH3 is 1. The number of hydrogen-bond acceptors (Lipinski definition) is 8. The fraction of sp³-hybridized carbons (Fsp3) is 0.100. The summed E-state index contributed by atoms with van der Waals surface area (Å²) in [6.07, 6.45) is 0. The van der Waals surface area contributed by atoms with Gasteiger partial charge in [-0.1, -0.05) is 29.8 Å². The number of nitrogens with two attached hydrogens (primary N) is 2. The molecule has 0 radical (unpaired) electrons. The van der Waals surface area contributed by atoms with Crippen LogP contribution in [0.25, 0.3) is 22.2 Å². The topological polar surface area (TPSA) is 142 Å². The molecular weight excluding hydrogens is 408 g/mol. The van der Waals surface area contributed by atoms with Crippen molar-refractivity contribution in [2.45, 2.75) is 6.61 Å². The van der Waals surface area contributed by atoms with Crippen LogP contribution in [0.1, 0.15) is 16.3 Å². The fourth-order valence-electron chi connectivity index (χ4n) is 2.88. The van der Waals surface area contributed by atoms with Crippen LogP contribution in [0.3, 0.4) is 0 Å². The van der Waals surface area contributed by atoms with Crippen molar-refractivity contribution in [2.75, 3.05) is 18.6 Å². The van der Waals surface area contributed by atoms with Gasteiger partial charge in [-0.05, 0) is 35.4 Å². The summed E-state index contributed by atoms with van der Waals surface area (Å²) < 4.78 is 10.4. The predicted octanol–water partition coefficient (Wildman–Crippen LogP) is 3.20. The van der Waals surface area contributed by atoms with Crippen LogP contribution < -0.4 is 16.2 Å². The van der Waals surface area contributed by atoms with Crippen LogP contribution in [0.2, 0.25) is 5.15 Å². The summed E-state index contributed by atoms with van der Waals surface area (Å²) in [6.45, 7) is -0.103. The van der Waals surface area contributed by atoms with Gasteiger partial charge in [0.05, 0.1) is 18.1 Å². The lowest BCUT2D eigenvalue weighted by atomic mass is 10.1. The van der Waals surface area contributed by atoms with Gasteiger partial charge in [0.1, 0.15) is 18.2 Å². The molecule has 0 saturated heterocycles. The molecule has 10 heteroatoms. The van der Waals surface area contributed by atoms with Gasteiger partial charge in [-0.2, -0.15) is 0 Å². The number of halogens is 1. The Morgan fingerprint density at radius 2 is 1.77 bits per heavy atom. The smallest absolute Gasteiger partial charge is 0.361 e. The molecule has 0 saturated carbocycles. The van der Waals surface area contributed by atoms with Crippen LogP contribution in [0.5, 0.6) is 5.75 Å². The van der Waals surface area contributed by atoms with E-state index in [2.05, 4.69) is 19.9 Å². The maximum atomic E-state index is 12.3. The zero-order valence-corrected chi connectivity index (χ0v) is 16.6. The number of nitrogens with one attached hydrogen (secondary N) is 1. The van der Waals surface area contributed by atoms with E-state index in [0.29, 0.717) is 5.82 Å². The van der Waals surface area contributed by atoms with E-state index in [1.54, 1.807) is 7.11 Å². The van der Waals surface area contributed by atoms with Crippen molar-refractivity contribution in [1.29, 1.82) is 0 Å². The van der Waals surface area contributed by atoms with Gasteiger partial charge in [0.25, 0.3) is 0 Å². The van der Waals surface area contributed by atoms with Gasteiger partial charge in [0.2, 0.25) is 0 Å². The van der Waals surface area contributed by atoms with E-state index in [-0.39, 0.29) is 29.1 Å². The molecule has 4 rings (SSSR count). The number of imidazole rings is 1. The molecule has 0 atom stereocenters. The lowest BCUT2D eigenvalue weighted by molar-refractivity contribution is 0.0457. The Morgan fingerprint density at radius 1 is 1.03 bits per heavy atom. The Hall–Kier alpha value is -3.85. The van der Waals surface area contributed by atoms with E-state index < -0.39 is 5.97 Å². The first-order valence-corrected chi connectivity index (χ1v) is 9.21. The lowest BCUT2D eigenvalue weighted by Gasteiger charge is -2.06. The van der Waals surface area contributed by atoms with E-state index in [1.165, 1.54) is 0 Å². The maximum Gasteiger partial charge on any atom is 0.361 e. The van der Waals surface area contributed by atoms with Crippen LogP contribution in [-0.4, -0.2) is 33.0 Å². The number of nitrogen functional groups attached to an aromatic ring is 2. The Labute approximate surface area is 176 Å². The first-order valence-electron chi connectivity index (χ1n) is 8.83. The number of ether oxygens (including phenoxy) is 2. The normalized spacial score (nSPS) is 10.9. The SMILES string of the molecule is COc1ccc(-c2ccc3[nH]c(COC(=O)c4nc(Cl)c(N)nc4N)nc3c2)cc1. The van der Waals surface area contributed by atoms with Crippen LogP contribution in [0.4, 0.5) is 11.6 Å². The highest BCUT2D eigenvalue weighted by atomic mass is 35.5. The van der Waals surface area contributed by atoms with Gasteiger partial charge in [0.15, 0.2) is 22.5 Å². The molecule has 30 heavy (non-hydrogen) atoms. The number of carbonyl (C=O) groups excluding carboxylic acids is 1. The second-order valence-electron chi connectivity index (χ2n) is 6.35. The molecule has 0 amide bonds. The number of aromatic nitrogens is 4. The molecule has 0 fully saturated rings. The minimum atomic E-state index is -0.777. The number of nitrogens with zero attached hydrogens (tertiary/aromatic N) is 3. The van der Waals surface area contributed by atoms with Gasteiger partial charge in [-0.25, -0.2) is 19.7 Å². The summed E-state index contributed by atoms with van der Waals surface area (Å²) in [5.74, 6) is 0.266. The largest absolute Gasteiger partial charge is 0.497 e. The Bertz CT molecular complexity index is 1240. The third-order valence-electron chi connectivity index (χ3n) is 4.39. The molecule has 9 nitrogen and oxygen atoms in total. The van der Waals surface area contributed by atoms with Gasteiger partial charge in [0, 0.05) is 0 Å². The number of fused-ring (bicyclic) bond motifs is 1.